The van der Waals surface area contributed by atoms with Crippen molar-refractivity contribution in [3.05, 3.63) is 72.5 Å². The van der Waals surface area contributed by atoms with Gasteiger partial charge in [0.05, 0.1) is 0 Å². The fourth-order valence-electron chi connectivity index (χ4n) is 2.30. The molecule has 1 aromatic carbocycles. The molecule has 0 aliphatic rings. The average Bonchev–Trinajstić information content (AvgIpc) is 2.95. The molecule has 3 heteroatoms. The zero-order valence-corrected chi connectivity index (χ0v) is 12.9. The predicted molar refractivity (Wildman–Crippen MR) is 92.7 cm³/mol. The van der Waals surface area contributed by atoms with Gasteiger partial charge in [-0.3, -0.25) is 4.79 Å². The Hall–Kier alpha value is -2.55. The van der Waals surface area contributed by atoms with E-state index in [0.29, 0.717) is 12.1 Å². The summed E-state index contributed by atoms with van der Waals surface area (Å²) >= 11 is 0. The summed E-state index contributed by atoms with van der Waals surface area (Å²) in [6.07, 6.45) is 11.0. The molecule has 0 aliphatic heterocycles. The molecule has 0 bridgehead atoms. The molecule has 1 heterocycles. The van der Waals surface area contributed by atoms with Gasteiger partial charge < -0.3 is 10.3 Å². The Morgan fingerprint density at radius 1 is 1.36 bits per heavy atom. The van der Waals surface area contributed by atoms with Gasteiger partial charge in [0, 0.05) is 29.2 Å². The van der Waals surface area contributed by atoms with Crippen LogP contribution in [0.4, 0.5) is 0 Å². The Balaban J connectivity index is 1.92. The quantitative estimate of drug-likeness (QED) is 0.590. The van der Waals surface area contributed by atoms with E-state index in [-0.39, 0.29) is 5.91 Å². The minimum atomic E-state index is -0.0874. The summed E-state index contributed by atoms with van der Waals surface area (Å²) in [5, 5.41) is 4.15. The highest BCUT2D eigenvalue weighted by atomic mass is 16.1. The molecule has 0 saturated heterocycles. The van der Waals surface area contributed by atoms with Gasteiger partial charge in [-0.05, 0) is 30.5 Å². The predicted octanol–water partition coefficient (Wildman–Crippen LogP) is 3.91. The lowest BCUT2D eigenvalue weighted by Crippen LogP contribution is -2.26. The number of nitrogens with one attached hydrogen (secondary N) is 2. The van der Waals surface area contributed by atoms with E-state index in [2.05, 4.69) is 35.9 Å². The van der Waals surface area contributed by atoms with Gasteiger partial charge in [-0.25, -0.2) is 0 Å². The molecule has 2 aromatic rings. The van der Waals surface area contributed by atoms with Crippen molar-refractivity contribution < 1.29 is 4.79 Å². The lowest BCUT2D eigenvalue weighted by Gasteiger charge is -2.05. The number of aromatic nitrogens is 1. The van der Waals surface area contributed by atoms with Gasteiger partial charge in [-0.2, -0.15) is 0 Å². The zero-order valence-electron chi connectivity index (χ0n) is 12.9. The third-order valence-corrected chi connectivity index (χ3v) is 3.48. The van der Waals surface area contributed by atoms with E-state index in [1.54, 1.807) is 12.2 Å². The summed E-state index contributed by atoms with van der Waals surface area (Å²) in [5.41, 5.74) is 2.93. The first-order valence-corrected chi connectivity index (χ1v) is 7.58. The maximum atomic E-state index is 12.1. The number of hydrogen-bond acceptors (Lipinski definition) is 1. The number of H-pyrrole nitrogens is 1. The van der Waals surface area contributed by atoms with Crippen LogP contribution in [0.15, 0.2) is 66.9 Å². The lowest BCUT2D eigenvalue weighted by atomic mass is 10.1. The van der Waals surface area contributed by atoms with E-state index < -0.39 is 0 Å². The van der Waals surface area contributed by atoms with Crippen molar-refractivity contribution in [2.24, 2.45) is 0 Å². The van der Waals surface area contributed by atoms with Crippen molar-refractivity contribution >= 4 is 16.8 Å². The van der Waals surface area contributed by atoms with Crippen LogP contribution < -0.4 is 5.32 Å². The summed E-state index contributed by atoms with van der Waals surface area (Å²) < 4.78 is 0. The molecule has 22 heavy (non-hydrogen) atoms. The van der Waals surface area contributed by atoms with Crippen molar-refractivity contribution in [2.75, 3.05) is 6.54 Å². The Morgan fingerprint density at radius 3 is 2.95 bits per heavy atom. The number of carbonyl (C=O) groups excluding carboxylic acids is 1. The van der Waals surface area contributed by atoms with E-state index in [0.717, 1.165) is 18.4 Å². The Morgan fingerprint density at radius 2 is 2.18 bits per heavy atom. The van der Waals surface area contributed by atoms with Crippen LogP contribution in [0.3, 0.4) is 0 Å². The minimum absolute atomic E-state index is 0.0874. The molecule has 0 fully saturated rings. The first-order chi connectivity index (χ1) is 10.8. The maximum absolute atomic E-state index is 12.1. The molecular weight excluding hydrogens is 272 g/mol. The SMILES string of the molecule is C=C/C(=C\C=C/CC)C(=O)NCCc1c[nH]c2ccccc12. The first kappa shape index (κ1) is 15.8. The van der Waals surface area contributed by atoms with E-state index in [9.17, 15) is 4.79 Å². The Bertz CT molecular complexity index is 707. The van der Waals surface area contributed by atoms with Crippen LogP contribution in [-0.2, 0) is 11.2 Å². The summed E-state index contributed by atoms with van der Waals surface area (Å²) in [4.78, 5) is 15.3. The van der Waals surface area contributed by atoms with Crippen LogP contribution in [0.1, 0.15) is 18.9 Å². The summed E-state index contributed by atoms with van der Waals surface area (Å²) in [5.74, 6) is -0.0874. The Kier molecular flexibility index (Phi) is 5.78. The maximum Gasteiger partial charge on any atom is 0.251 e. The molecule has 0 saturated carbocycles. The normalized spacial score (nSPS) is 12.0. The van der Waals surface area contributed by atoms with Gasteiger partial charge in [0.25, 0.3) is 5.91 Å². The van der Waals surface area contributed by atoms with Crippen LogP contribution >= 0.6 is 0 Å². The third-order valence-electron chi connectivity index (χ3n) is 3.48. The van der Waals surface area contributed by atoms with E-state index in [4.69, 9.17) is 0 Å². The smallest absolute Gasteiger partial charge is 0.251 e. The van der Waals surface area contributed by atoms with Gasteiger partial charge in [0.2, 0.25) is 0 Å². The van der Waals surface area contributed by atoms with Crippen LogP contribution in [0.2, 0.25) is 0 Å². The number of rotatable bonds is 7. The van der Waals surface area contributed by atoms with Crippen LogP contribution in [-0.4, -0.2) is 17.4 Å². The fourth-order valence-corrected chi connectivity index (χ4v) is 2.30. The summed E-state index contributed by atoms with van der Waals surface area (Å²) in [6.45, 7) is 6.35. The van der Waals surface area contributed by atoms with Crippen LogP contribution in [0, 0.1) is 0 Å². The Labute approximate surface area is 131 Å². The summed E-state index contributed by atoms with van der Waals surface area (Å²) in [6, 6.07) is 8.18. The number of allylic oxidation sites excluding steroid dienone is 3. The number of para-hydroxylation sites is 1. The summed E-state index contributed by atoms with van der Waals surface area (Å²) in [7, 11) is 0. The van der Waals surface area contributed by atoms with E-state index >= 15 is 0 Å². The zero-order chi connectivity index (χ0) is 15.8. The number of carbonyl (C=O) groups is 1. The lowest BCUT2D eigenvalue weighted by molar-refractivity contribution is -0.117. The molecule has 3 nitrogen and oxygen atoms in total. The monoisotopic (exact) mass is 294 g/mol. The highest BCUT2D eigenvalue weighted by Crippen LogP contribution is 2.17. The molecule has 0 spiro atoms. The molecular formula is C19H22N2O. The van der Waals surface area contributed by atoms with Gasteiger partial charge in [-0.15, -0.1) is 0 Å². The number of benzene rings is 1. The largest absolute Gasteiger partial charge is 0.361 e. The number of aromatic amines is 1. The van der Waals surface area contributed by atoms with Crippen molar-refractivity contribution in [2.45, 2.75) is 19.8 Å². The van der Waals surface area contributed by atoms with Crippen LogP contribution in [0.25, 0.3) is 10.9 Å². The third kappa shape index (κ3) is 3.98. The van der Waals surface area contributed by atoms with Crippen molar-refractivity contribution in [1.82, 2.24) is 10.3 Å². The van der Waals surface area contributed by atoms with Gasteiger partial charge in [0.15, 0.2) is 0 Å². The topological polar surface area (TPSA) is 44.9 Å². The van der Waals surface area contributed by atoms with Crippen molar-refractivity contribution in [1.29, 1.82) is 0 Å². The minimum Gasteiger partial charge on any atom is -0.361 e. The van der Waals surface area contributed by atoms with Gasteiger partial charge in [-0.1, -0.05) is 49.9 Å². The molecule has 0 aliphatic carbocycles. The molecule has 0 radical (unpaired) electrons. The highest BCUT2D eigenvalue weighted by Gasteiger charge is 2.06. The average molecular weight is 294 g/mol. The second-order valence-electron chi connectivity index (χ2n) is 5.03. The molecule has 2 N–H and O–H groups in total. The number of hydrogen-bond donors (Lipinski definition) is 2. The molecule has 1 amide bonds. The molecule has 114 valence electrons. The van der Waals surface area contributed by atoms with Crippen molar-refractivity contribution in [3.8, 4) is 0 Å². The van der Waals surface area contributed by atoms with E-state index in [1.807, 2.05) is 30.5 Å². The molecule has 0 unspecified atom stereocenters. The number of fused-ring (bicyclic) bond motifs is 1. The van der Waals surface area contributed by atoms with Gasteiger partial charge in [0.1, 0.15) is 0 Å². The first-order valence-electron chi connectivity index (χ1n) is 7.58. The highest BCUT2D eigenvalue weighted by molar-refractivity contribution is 5.96. The van der Waals surface area contributed by atoms with Crippen LogP contribution in [0.5, 0.6) is 0 Å². The molecule has 1 aromatic heterocycles. The second kappa shape index (κ2) is 8.03. The standard InChI is InChI=1S/C19H22N2O/c1-3-5-6-9-15(4-2)19(22)20-13-12-16-14-21-18-11-8-7-10-17(16)18/h4-11,14,21H,2-3,12-13H2,1H3,(H,20,22)/b6-5-,15-9+. The fraction of sp³-hybridized carbons (Fsp3) is 0.211. The van der Waals surface area contributed by atoms with E-state index in [1.165, 1.54) is 10.9 Å². The second-order valence-corrected chi connectivity index (χ2v) is 5.03. The molecule has 2 rings (SSSR count). The van der Waals surface area contributed by atoms with Gasteiger partial charge >= 0.3 is 0 Å². The van der Waals surface area contributed by atoms with Crippen molar-refractivity contribution in [3.63, 3.8) is 0 Å². The molecule has 0 atom stereocenters. The number of amides is 1.